The molecule has 0 saturated carbocycles. The van der Waals surface area contributed by atoms with E-state index in [2.05, 4.69) is 5.32 Å². The predicted molar refractivity (Wildman–Crippen MR) is 52.1 cm³/mol. The Morgan fingerprint density at radius 1 is 1.47 bits per heavy atom. The first kappa shape index (κ1) is 8.85. The van der Waals surface area contributed by atoms with Crippen LogP contribution in [0.3, 0.4) is 0 Å². The van der Waals surface area contributed by atoms with Crippen LogP contribution in [0.15, 0.2) is 18.2 Å². The number of hydrogen-bond acceptors (Lipinski definition) is 2. The molecule has 4 heteroatoms. The number of anilines is 1. The molecule has 1 fully saturated rings. The Bertz CT molecular complexity index is 438. The van der Waals surface area contributed by atoms with E-state index in [0.717, 1.165) is 5.56 Å². The fourth-order valence-corrected chi connectivity index (χ4v) is 2.34. The SMILES string of the molecule is O=C1Nc2ccc(F)cc2C12CCOC2. The minimum atomic E-state index is -0.641. The highest BCUT2D eigenvalue weighted by molar-refractivity contribution is 6.06. The van der Waals surface area contributed by atoms with Gasteiger partial charge in [-0.05, 0) is 30.2 Å². The highest BCUT2D eigenvalue weighted by atomic mass is 19.1. The number of benzene rings is 1. The molecule has 1 saturated heterocycles. The van der Waals surface area contributed by atoms with E-state index in [1.54, 1.807) is 6.07 Å². The lowest BCUT2D eigenvalue weighted by Crippen LogP contribution is -2.34. The second kappa shape index (κ2) is 2.79. The summed E-state index contributed by atoms with van der Waals surface area (Å²) >= 11 is 0. The molecule has 0 radical (unpaired) electrons. The molecule has 1 aromatic carbocycles. The van der Waals surface area contributed by atoms with Crippen LogP contribution in [-0.2, 0) is 14.9 Å². The van der Waals surface area contributed by atoms with Gasteiger partial charge in [0, 0.05) is 12.3 Å². The van der Waals surface area contributed by atoms with Gasteiger partial charge in [0.1, 0.15) is 11.2 Å². The molecule has 0 aliphatic carbocycles. The zero-order valence-corrected chi connectivity index (χ0v) is 8.05. The first-order valence-corrected chi connectivity index (χ1v) is 4.92. The van der Waals surface area contributed by atoms with E-state index in [1.165, 1.54) is 12.1 Å². The Morgan fingerprint density at radius 2 is 2.33 bits per heavy atom. The van der Waals surface area contributed by atoms with E-state index in [0.29, 0.717) is 25.3 Å². The zero-order chi connectivity index (χ0) is 10.5. The predicted octanol–water partition coefficient (Wildman–Crippen LogP) is 1.44. The van der Waals surface area contributed by atoms with Crippen molar-refractivity contribution in [3.8, 4) is 0 Å². The van der Waals surface area contributed by atoms with Gasteiger partial charge in [-0.25, -0.2) is 4.39 Å². The number of halogens is 1. The number of carbonyl (C=O) groups is 1. The molecule has 2 aliphatic rings. The average molecular weight is 207 g/mol. The summed E-state index contributed by atoms with van der Waals surface area (Å²) in [5.41, 5.74) is 0.814. The van der Waals surface area contributed by atoms with Crippen molar-refractivity contribution in [2.45, 2.75) is 11.8 Å². The summed E-state index contributed by atoms with van der Waals surface area (Å²) in [6.07, 6.45) is 0.634. The van der Waals surface area contributed by atoms with E-state index in [9.17, 15) is 9.18 Å². The quantitative estimate of drug-likeness (QED) is 0.699. The second-order valence-electron chi connectivity index (χ2n) is 4.03. The van der Waals surface area contributed by atoms with Crippen LogP contribution in [0.1, 0.15) is 12.0 Å². The van der Waals surface area contributed by atoms with Crippen molar-refractivity contribution in [2.75, 3.05) is 18.5 Å². The van der Waals surface area contributed by atoms with Crippen LogP contribution in [-0.4, -0.2) is 19.1 Å². The van der Waals surface area contributed by atoms with Crippen molar-refractivity contribution in [1.82, 2.24) is 0 Å². The van der Waals surface area contributed by atoms with Gasteiger partial charge in [0.25, 0.3) is 0 Å². The molecule has 3 rings (SSSR count). The number of ether oxygens (including phenoxy) is 1. The monoisotopic (exact) mass is 207 g/mol. The highest BCUT2D eigenvalue weighted by Gasteiger charge is 2.49. The van der Waals surface area contributed by atoms with Gasteiger partial charge in [0.05, 0.1) is 6.61 Å². The second-order valence-corrected chi connectivity index (χ2v) is 4.03. The topological polar surface area (TPSA) is 38.3 Å². The van der Waals surface area contributed by atoms with Gasteiger partial charge in [-0.15, -0.1) is 0 Å². The molecule has 1 unspecified atom stereocenters. The van der Waals surface area contributed by atoms with Crippen molar-refractivity contribution in [1.29, 1.82) is 0 Å². The van der Waals surface area contributed by atoms with Gasteiger partial charge >= 0.3 is 0 Å². The maximum Gasteiger partial charge on any atom is 0.237 e. The summed E-state index contributed by atoms with van der Waals surface area (Å²) in [6, 6.07) is 4.39. The van der Waals surface area contributed by atoms with Gasteiger partial charge < -0.3 is 10.1 Å². The highest BCUT2D eigenvalue weighted by Crippen LogP contribution is 2.43. The molecule has 0 bridgehead atoms. The summed E-state index contributed by atoms with van der Waals surface area (Å²) in [5, 5.41) is 2.77. The maximum atomic E-state index is 13.1. The Morgan fingerprint density at radius 3 is 3.07 bits per heavy atom. The van der Waals surface area contributed by atoms with Crippen molar-refractivity contribution >= 4 is 11.6 Å². The summed E-state index contributed by atoms with van der Waals surface area (Å²) in [6.45, 7) is 0.915. The summed E-state index contributed by atoms with van der Waals surface area (Å²) in [5.74, 6) is -0.378. The molecule has 15 heavy (non-hydrogen) atoms. The molecule has 1 N–H and O–H groups in total. The summed E-state index contributed by atoms with van der Waals surface area (Å²) in [4.78, 5) is 11.9. The number of amides is 1. The molecule has 78 valence electrons. The van der Waals surface area contributed by atoms with Crippen molar-refractivity contribution < 1.29 is 13.9 Å². The third-order valence-corrected chi connectivity index (χ3v) is 3.20. The number of carbonyl (C=O) groups excluding carboxylic acids is 1. The van der Waals surface area contributed by atoms with E-state index in [4.69, 9.17) is 4.74 Å². The van der Waals surface area contributed by atoms with Crippen LogP contribution in [0.25, 0.3) is 0 Å². The van der Waals surface area contributed by atoms with E-state index < -0.39 is 5.41 Å². The van der Waals surface area contributed by atoms with Gasteiger partial charge in [-0.3, -0.25) is 4.79 Å². The minimum Gasteiger partial charge on any atom is -0.380 e. The standard InChI is InChI=1S/C11H10FNO2/c12-7-1-2-9-8(5-7)11(10(14)13-9)3-4-15-6-11/h1-2,5H,3-4,6H2,(H,13,14). The maximum absolute atomic E-state index is 13.1. The van der Waals surface area contributed by atoms with Gasteiger partial charge in [-0.2, -0.15) is 0 Å². The van der Waals surface area contributed by atoms with Crippen molar-refractivity contribution in [3.63, 3.8) is 0 Å². The lowest BCUT2D eigenvalue weighted by atomic mass is 9.81. The first-order chi connectivity index (χ1) is 7.22. The number of fused-ring (bicyclic) bond motifs is 2. The molecule has 2 aliphatic heterocycles. The number of rotatable bonds is 0. The molecular formula is C11H10FNO2. The normalized spacial score (nSPS) is 28.2. The van der Waals surface area contributed by atoms with Crippen LogP contribution in [0.5, 0.6) is 0 Å². The lowest BCUT2D eigenvalue weighted by molar-refractivity contribution is -0.120. The van der Waals surface area contributed by atoms with Crippen LogP contribution >= 0.6 is 0 Å². The Kier molecular flexibility index (Phi) is 1.65. The van der Waals surface area contributed by atoms with Crippen LogP contribution < -0.4 is 5.32 Å². The number of nitrogens with one attached hydrogen (secondary N) is 1. The van der Waals surface area contributed by atoms with E-state index >= 15 is 0 Å². The smallest absolute Gasteiger partial charge is 0.237 e. The molecule has 2 heterocycles. The molecule has 3 nitrogen and oxygen atoms in total. The lowest BCUT2D eigenvalue weighted by Gasteiger charge is -2.18. The van der Waals surface area contributed by atoms with Gasteiger partial charge in [0.15, 0.2) is 0 Å². The van der Waals surface area contributed by atoms with E-state index in [1.807, 2.05) is 0 Å². The van der Waals surface area contributed by atoms with Crippen LogP contribution in [0.2, 0.25) is 0 Å². The fraction of sp³-hybridized carbons (Fsp3) is 0.364. The largest absolute Gasteiger partial charge is 0.380 e. The first-order valence-electron chi connectivity index (χ1n) is 4.92. The Balaban J connectivity index is 2.19. The number of hydrogen-bond donors (Lipinski definition) is 1. The van der Waals surface area contributed by atoms with Crippen molar-refractivity contribution in [3.05, 3.63) is 29.6 Å². The third kappa shape index (κ3) is 1.05. The fourth-order valence-electron chi connectivity index (χ4n) is 2.34. The van der Waals surface area contributed by atoms with Gasteiger partial charge in [0.2, 0.25) is 5.91 Å². The minimum absolute atomic E-state index is 0.0689. The van der Waals surface area contributed by atoms with Crippen LogP contribution in [0, 0.1) is 5.82 Å². The molecular weight excluding hydrogens is 197 g/mol. The summed E-state index contributed by atoms with van der Waals surface area (Å²) < 4.78 is 18.4. The molecule has 1 aromatic rings. The van der Waals surface area contributed by atoms with Crippen molar-refractivity contribution in [2.24, 2.45) is 0 Å². The Hall–Kier alpha value is -1.42. The van der Waals surface area contributed by atoms with Crippen LogP contribution in [0.4, 0.5) is 10.1 Å². The summed E-state index contributed by atoms with van der Waals surface area (Å²) in [7, 11) is 0. The molecule has 0 aromatic heterocycles. The molecule has 1 amide bonds. The molecule has 1 atom stereocenters. The zero-order valence-electron chi connectivity index (χ0n) is 8.05. The molecule has 1 spiro atoms. The third-order valence-electron chi connectivity index (χ3n) is 3.20. The Labute approximate surface area is 86.2 Å². The van der Waals surface area contributed by atoms with E-state index in [-0.39, 0.29) is 11.7 Å². The van der Waals surface area contributed by atoms with Gasteiger partial charge in [-0.1, -0.05) is 0 Å². The average Bonchev–Trinajstić information content (AvgIpc) is 2.78.